The van der Waals surface area contributed by atoms with Gasteiger partial charge in [0.2, 0.25) is 5.82 Å². The zero-order valence-electron chi connectivity index (χ0n) is 13.7. The molecule has 1 amide bonds. The molecule has 0 saturated heterocycles. The lowest BCUT2D eigenvalue weighted by atomic mass is 10.0. The molecule has 3 N–H and O–H groups in total. The fraction of sp³-hybridized carbons (Fsp3) is 0.167. The molecule has 1 aromatic heterocycles. The number of carbonyl (C=O) groups excluding carboxylic acids is 1. The summed E-state index contributed by atoms with van der Waals surface area (Å²) in [6.07, 6.45) is 0. The van der Waals surface area contributed by atoms with Gasteiger partial charge in [-0.25, -0.2) is 4.98 Å². The van der Waals surface area contributed by atoms with E-state index in [4.69, 9.17) is 4.74 Å². The van der Waals surface area contributed by atoms with Crippen molar-refractivity contribution >= 4 is 5.91 Å². The molecule has 0 aliphatic rings. The highest BCUT2D eigenvalue weighted by molar-refractivity contribution is 5.90. The number of amides is 1. The van der Waals surface area contributed by atoms with Crippen molar-refractivity contribution in [2.75, 3.05) is 13.3 Å². The van der Waals surface area contributed by atoms with E-state index in [1.54, 1.807) is 12.1 Å². The van der Waals surface area contributed by atoms with Crippen LogP contribution in [0, 0.1) is 0 Å². The Balaban J connectivity index is 1.83. The third-order valence-electron chi connectivity index (χ3n) is 3.58. The number of hydrogen-bond donors (Lipinski definition) is 3. The number of rotatable bonds is 6. The third kappa shape index (κ3) is 3.84. The Morgan fingerprint density at radius 3 is 2.80 bits per heavy atom. The predicted molar refractivity (Wildman–Crippen MR) is 92.9 cm³/mol. The highest BCUT2D eigenvalue weighted by Crippen LogP contribution is 2.30. The number of benzene rings is 2. The summed E-state index contributed by atoms with van der Waals surface area (Å²) in [5.74, 6) is 0.330. The van der Waals surface area contributed by atoms with Crippen LogP contribution in [0.3, 0.4) is 0 Å². The van der Waals surface area contributed by atoms with E-state index in [0.29, 0.717) is 12.4 Å². The van der Waals surface area contributed by atoms with Crippen LogP contribution >= 0.6 is 0 Å². The number of aromatic nitrogens is 3. The van der Waals surface area contributed by atoms with Crippen molar-refractivity contribution in [3.63, 3.8) is 0 Å². The first kappa shape index (κ1) is 16.7. The van der Waals surface area contributed by atoms with Gasteiger partial charge in [-0.1, -0.05) is 36.4 Å². The Morgan fingerprint density at radius 1 is 1.20 bits per heavy atom. The molecule has 0 aliphatic carbocycles. The molecule has 3 rings (SSSR count). The minimum Gasteiger partial charge on any atom is -0.507 e. The molecular formula is C18H18N4O3. The summed E-state index contributed by atoms with van der Waals surface area (Å²) in [6, 6.07) is 14.5. The number of aromatic amines is 1. The Labute approximate surface area is 144 Å². The Morgan fingerprint density at radius 2 is 2.00 bits per heavy atom. The lowest BCUT2D eigenvalue weighted by Gasteiger charge is -2.05. The summed E-state index contributed by atoms with van der Waals surface area (Å²) in [4.78, 5) is 16.2. The highest BCUT2D eigenvalue weighted by atomic mass is 16.5. The largest absolute Gasteiger partial charge is 0.507 e. The van der Waals surface area contributed by atoms with Gasteiger partial charge in [0.15, 0.2) is 5.82 Å². The maximum atomic E-state index is 11.9. The molecule has 2 aromatic carbocycles. The molecule has 0 spiro atoms. The van der Waals surface area contributed by atoms with Gasteiger partial charge in [-0.2, -0.15) is 5.10 Å². The first-order valence-corrected chi connectivity index (χ1v) is 7.86. The summed E-state index contributed by atoms with van der Waals surface area (Å²) in [6.45, 7) is 2.48. The quantitative estimate of drug-likeness (QED) is 0.474. The van der Waals surface area contributed by atoms with Crippen molar-refractivity contribution in [2.24, 2.45) is 0 Å². The van der Waals surface area contributed by atoms with Gasteiger partial charge in [-0.05, 0) is 24.6 Å². The van der Waals surface area contributed by atoms with E-state index in [0.717, 1.165) is 16.7 Å². The van der Waals surface area contributed by atoms with Crippen LogP contribution in [0.5, 0.6) is 5.75 Å². The fourth-order valence-electron chi connectivity index (χ4n) is 2.34. The van der Waals surface area contributed by atoms with Crippen LogP contribution in [0.1, 0.15) is 17.5 Å². The lowest BCUT2D eigenvalue weighted by molar-refractivity contribution is 0.0807. The SMILES string of the molecule is CCOCNC(=O)c1nc(-c2cccc(-c3ccccc3O)c2)n[nH]1. The van der Waals surface area contributed by atoms with E-state index in [1.807, 2.05) is 43.3 Å². The predicted octanol–water partition coefficient (Wildman–Crippen LogP) is 2.57. The van der Waals surface area contributed by atoms with E-state index >= 15 is 0 Å². The van der Waals surface area contributed by atoms with E-state index in [-0.39, 0.29) is 24.2 Å². The zero-order chi connectivity index (χ0) is 17.6. The van der Waals surface area contributed by atoms with Crippen molar-refractivity contribution in [1.29, 1.82) is 0 Å². The normalized spacial score (nSPS) is 10.6. The minimum absolute atomic E-state index is 0.114. The van der Waals surface area contributed by atoms with E-state index in [2.05, 4.69) is 20.5 Å². The summed E-state index contributed by atoms with van der Waals surface area (Å²) < 4.78 is 5.08. The van der Waals surface area contributed by atoms with Gasteiger partial charge >= 0.3 is 0 Å². The van der Waals surface area contributed by atoms with Gasteiger partial charge in [0.1, 0.15) is 12.5 Å². The molecule has 7 nitrogen and oxygen atoms in total. The zero-order valence-corrected chi connectivity index (χ0v) is 13.7. The van der Waals surface area contributed by atoms with Crippen LogP contribution < -0.4 is 5.32 Å². The van der Waals surface area contributed by atoms with E-state index in [1.165, 1.54) is 0 Å². The molecular weight excluding hydrogens is 320 g/mol. The monoisotopic (exact) mass is 338 g/mol. The maximum Gasteiger partial charge on any atom is 0.290 e. The molecule has 3 aromatic rings. The topological polar surface area (TPSA) is 100 Å². The van der Waals surface area contributed by atoms with E-state index < -0.39 is 0 Å². The average Bonchev–Trinajstić information content (AvgIpc) is 3.13. The van der Waals surface area contributed by atoms with Crippen LogP contribution in [0.25, 0.3) is 22.5 Å². The molecule has 0 radical (unpaired) electrons. The number of aromatic hydroxyl groups is 1. The van der Waals surface area contributed by atoms with Gasteiger partial charge in [-0.3, -0.25) is 9.89 Å². The molecule has 0 atom stereocenters. The van der Waals surface area contributed by atoms with Crippen molar-refractivity contribution in [1.82, 2.24) is 20.5 Å². The van der Waals surface area contributed by atoms with Crippen molar-refractivity contribution < 1.29 is 14.6 Å². The van der Waals surface area contributed by atoms with Crippen molar-refractivity contribution in [3.05, 3.63) is 54.4 Å². The molecule has 25 heavy (non-hydrogen) atoms. The number of H-pyrrole nitrogens is 1. The second-order valence-corrected chi connectivity index (χ2v) is 5.25. The van der Waals surface area contributed by atoms with Crippen LogP contribution in [-0.2, 0) is 4.74 Å². The maximum absolute atomic E-state index is 11.9. The third-order valence-corrected chi connectivity index (χ3v) is 3.58. The number of ether oxygens (including phenoxy) is 1. The molecule has 0 unspecified atom stereocenters. The number of hydrogen-bond acceptors (Lipinski definition) is 5. The van der Waals surface area contributed by atoms with E-state index in [9.17, 15) is 9.90 Å². The summed E-state index contributed by atoms with van der Waals surface area (Å²) in [5, 5.41) is 19.3. The van der Waals surface area contributed by atoms with Crippen LogP contribution in [0.15, 0.2) is 48.5 Å². The number of para-hydroxylation sites is 1. The Hall–Kier alpha value is -3.19. The fourth-order valence-corrected chi connectivity index (χ4v) is 2.34. The summed E-state index contributed by atoms with van der Waals surface area (Å²) >= 11 is 0. The first-order chi connectivity index (χ1) is 12.2. The van der Waals surface area contributed by atoms with Crippen molar-refractivity contribution in [3.8, 4) is 28.3 Å². The number of nitrogens with one attached hydrogen (secondary N) is 2. The van der Waals surface area contributed by atoms with Crippen molar-refractivity contribution in [2.45, 2.75) is 6.92 Å². The number of nitrogens with zero attached hydrogens (tertiary/aromatic N) is 2. The lowest BCUT2D eigenvalue weighted by Crippen LogP contribution is -2.27. The summed E-state index contributed by atoms with van der Waals surface area (Å²) in [5.41, 5.74) is 2.29. The molecule has 0 fully saturated rings. The van der Waals surface area contributed by atoms with Gasteiger partial charge in [-0.15, -0.1) is 0 Å². The van der Waals surface area contributed by atoms with Gasteiger partial charge in [0.25, 0.3) is 5.91 Å². The molecule has 128 valence electrons. The molecule has 0 aliphatic heterocycles. The Bertz CT molecular complexity index is 876. The second kappa shape index (κ2) is 7.59. The van der Waals surface area contributed by atoms with Gasteiger partial charge in [0, 0.05) is 17.7 Å². The molecule has 7 heteroatoms. The highest BCUT2D eigenvalue weighted by Gasteiger charge is 2.13. The number of carbonyl (C=O) groups is 1. The first-order valence-electron chi connectivity index (χ1n) is 7.86. The smallest absolute Gasteiger partial charge is 0.290 e. The van der Waals surface area contributed by atoms with Gasteiger partial charge in [0.05, 0.1) is 0 Å². The second-order valence-electron chi connectivity index (χ2n) is 5.25. The van der Waals surface area contributed by atoms with Crippen LogP contribution in [-0.4, -0.2) is 39.5 Å². The average molecular weight is 338 g/mol. The summed E-state index contributed by atoms with van der Waals surface area (Å²) in [7, 11) is 0. The molecule has 0 bridgehead atoms. The minimum atomic E-state index is -0.385. The number of phenolic OH excluding ortho intramolecular Hbond substituents is 1. The number of phenols is 1. The van der Waals surface area contributed by atoms with Gasteiger partial charge < -0.3 is 15.2 Å². The molecule has 0 saturated carbocycles. The van der Waals surface area contributed by atoms with Crippen LogP contribution in [0.4, 0.5) is 0 Å². The standard InChI is InChI=1S/C18H18N4O3/c1-2-25-11-19-18(24)17-20-16(21-22-17)13-7-5-6-12(10-13)14-8-3-4-9-15(14)23/h3-10,23H,2,11H2,1H3,(H,19,24)(H,20,21,22). The molecule has 1 heterocycles. The Kier molecular flexibility index (Phi) is 5.06. The van der Waals surface area contributed by atoms with Crippen LogP contribution in [0.2, 0.25) is 0 Å².